The molecule has 5 heteroatoms. The van der Waals surface area contributed by atoms with Crippen LogP contribution in [0.15, 0.2) is 12.5 Å². The first-order chi connectivity index (χ1) is 7.67. The number of amides is 1. The summed E-state index contributed by atoms with van der Waals surface area (Å²) in [6.07, 6.45) is 5.51. The number of imidazole rings is 1. The number of hydrogen-bond donors (Lipinski definition) is 1. The molecule has 16 heavy (non-hydrogen) atoms. The Morgan fingerprint density at radius 3 is 2.94 bits per heavy atom. The Bertz CT molecular complexity index is 338. The van der Waals surface area contributed by atoms with Gasteiger partial charge in [-0.2, -0.15) is 0 Å². The van der Waals surface area contributed by atoms with Crippen molar-refractivity contribution in [2.24, 2.45) is 13.0 Å². The zero-order valence-electron chi connectivity index (χ0n) is 9.74. The van der Waals surface area contributed by atoms with Gasteiger partial charge in [0, 0.05) is 25.1 Å². The molecule has 1 heterocycles. The summed E-state index contributed by atoms with van der Waals surface area (Å²) in [5.41, 5.74) is 0.483. The second-order valence-corrected chi connectivity index (χ2v) is 4.68. The SMILES string of the molecule is CCC(CCBr)CNC(=O)c1cn(C)cn1. The number of carbonyl (C=O) groups excluding carboxylic acids is 1. The van der Waals surface area contributed by atoms with E-state index >= 15 is 0 Å². The highest BCUT2D eigenvalue weighted by molar-refractivity contribution is 9.09. The van der Waals surface area contributed by atoms with Gasteiger partial charge in [-0.05, 0) is 12.3 Å². The molecule has 0 saturated carbocycles. The van der Waals surface area contributed by atoms with Gasteiger partial charge in [-0.1, -0.05) is 29.3 Å². The molecule has 4 nitrogen and oxygen atoms in total. The summed E-state index contributed by atoms with van der Waals surface area (Å²) in [6, 6.07) is 0. The Hall–Kier alpha value is -0.840. The maximum atomic E-state index is 11.7. The summed E-state index contributed by atoms with van der Waals surface area (Å²) in [5, 5.41) is 3.89. The number of rotatable bonds is 6. The third-order valence-corrected chi connectivity index (χ3v) is 3.04. The van der Waals surface area contributed by atoms with Gasteiger partial charge < -0.3 is 9.88 Å². The topological polar surface area (TPSA) is 46.9 Å². The van der Waals surface area contributed by atoms with Crippen LogP contribution >= 0.6 is 15.9 Å². The molecule has 0 aliphatic rings. The van der Waals surface area contributed by atoms with E-state index in [4.69, 9.17) is 0 Å². The maximum absolute atomic E-state index is 11.7. The Kier molecular flexibility index (Phi) is 5.52. The lowest BCUT2D eigenvalue weighted by atomic mass is 10.0. The Morgan fingerprint density at radius 2 is 2.44 bits per heavy atom. The quantitative estimate of drug-likeness (QED) is 0.813. The molecule has 0 aromatic carbocycles. The first kappa shape index (κ1) is 13.2. The summed E-state index contributed by atoms with van der Waals surface area (Å²) in [7, 11) is 1.85. The lowest BCUT2D eigenvalue weighted by molar-refractivity contribution is 0.0942. The number of alkyl halides is 1. The Labute approximate surface area is 105 Å². The predicted octanol–water partition coefficient (Wildman–Crippen LogP) is 1.96. The maximum Gasteiger partial charge on any atom is 0.271 e. The van der Waals surface area contributed by atoms with Crippen LogP contribution in [0.2, 0.25) is 0 Å². The van der Waals surface area contributed by atoms with Crippen LogP contribution in [-0.2, 0) is 7.05 Å². The number of nitrogens with one attached hydrogen (secondary N) is 1. The minimum Gasteiger partial charge on any atom is -0.350 e. The van der Waals surface area contributed by atoms with Crippen LogP contribution in [0, 0.1) is 5.92 Å². The second-order valence-electron chi connectivity index (χ2n) is 3.89. The molecule has 1 unspecified atom stereocenters. The van der Waals surface area contributed by atoms with Crippen molar-refractivity contribution in [1.82, 2.24) is 14.9 Å². The van der Waals surface area contributed by atoms with Crippen molar-refractivity contribution >= 4 is 21.8 Å². The highest BCUT2D eigenvalue weighted by Gasteiger charge is 2.11. The normalized spacial score (nSPS) is 12.4. The van der Waals surface area contributed by atoms with Crippen molar-refractivity contribution in [3.8, 4) is 0 Å². The lowest BCUT2D eigenvalue weighted by Gasteiger charge is -2.13. The van der Waals surface area contributed by atoms with Gasteiger partial charge in [-0.25, -0.2) is 4.98 Å². The highest BCUT2D eigenvalue weighted by Crippen LogP contribution is 2.08. The fourth-order valence-electron chi connectivity index (χ4n) is 1.46. The van der Waals surface area contributed by atoms with Gasteiger partial charge in [-0.15, -0.1) is 0 Å². The van der Waals surface area contributed by atoms with Gasteiger partial charge in [0.05, 0.1) is 6.33 Å². The van der Waals surface area contributed by atoms with Crippen LogP contribution in [0.5, 0.6) is 0 Å². The zero-order chi connectivity index (χ0) is 12.0. The van der Waals surface area contributed by atoms with Crippen molar-refractivity contribution in [2.75, 3.05) is 11.9 Å². The van der Waals surface area contributed by atoms with E-state index in [0.717, 1.165) is 24.7 Å². The van der Waals surface area contributed by atoms with Crippen LogP contribution in [0.25, 0.3) is 0 Å². The molecular formula is C11H18BrN3O. The molecule has 1 atom stereocenters. The fourth-order valence-corrected chi connectivity index (χ4v) is 2.11. The molecule has 0 spiro atoms. The molecule has 0 bridgehead atoms. The molecular weight excluding hydrogens is 270 g/mol. The average molecular weight is 288 g/mol. The first-order valence-corrected chi connectivity index (χ1v) is 6.61. The summed E-state index contributed by atoms with van der Waals surface area (Å²) in [5.74, 6) is 0.445. The number of aromatic nitrogens is 2. The van der Waals surface area contributed by atoms with Gasteiger partial charge in [0.2, 0.25) is 0 Å². The molecule has 1 N–H and O–H groups in total. The largest absolute Gasteiger partial charge is 0.350 e. The van der Waals surface area contributed by atoms with Crippen molar-refractivity contribution in [2.45, 2.75) is 19.8 Å². The predicted molar refractivity (Wildman–Crippen MR) is 67.7 cm³/mol. The number of nitrogens with zero attached hydrogens (tertiary/aromatic N) is 2. The Morgan fingerprint density at radius 1 is 1.69 bits per heavy atom. The highest BCUT2D eigenvalue weighted by atomic mass is 79.9. The molecule has 1 aromatic rings. The lowest BCUT2D eigenvalue weighted by Crippen LogP contribution is -2.29. The number of halogens is 1. The third-order valence-electron chi connectivity index (χ3n) is 2.58. The summed E-state index contributed by atoms with van der Waals surface area (Å²) in [4.78, 5) is 15.7. The number of aryl methyl sites for hydroxylation is 1. The van der Waals surface area contributed by atoms with Crippen LogP contribution in [-0.4, -0.2) is 27.3 Å². The van der Waals surface area contributed by atoms with Gasteiger partial charge in [0.15, 0.2) is 0 Å². The van der Waals surface area contributed by atoms with E-state index in [0.29, 0.717) is 11.6 Å². The molecule has 1 rings (SSSR count). The monoisotopic (exact) mass is 287 g/mol. The second kappa shape index (κ2) is 6.68. The van der Waals surface area contributed by atoms with Crippen LogP contribution in [0.4, 0.5) is 0 Å². The first-order valence-electron chi connectivity index (χ1n) is 5.49. The zero-order valence-corrected chi connectivity index (χ0v) is 11.3. The molecule has 0 aliphatic carbocycles. The minimum atomic E-state index is -0.0892. The molecule has 0 fully saturated rings. The van der Waals surface area contributed by atoms with E-state index in [1.54, 1.807) is 17.1 Å². The number of carbonyl (C=O) groups is 1. The molecule has 0 aliphatic heterocycles. The summed E-state index contributed by atoms with van der Waals surface area (Å²) in [6.45, 7) is 2.86. The standard InChI is InChI=1S/C11H18BrN3O/c1-3-9(4-5-12)6-13-11(16)10-7-15(2)8-14-10/h7-9H,3-6H2,1-2H3,(H,13,16). The fraction of sp³-hybridized carbons (Fsp3) is 0.636. The molecule has 1 aromatic heterocycles. The smallest absolute Gasteiger partial charge is 0.271 e. The minimum absolute atomic E-state index is 0.0892. The van der Waals surface area contributed by atoms with E-state index in [1.165, 1.54) is 0 Å². The molecule has 0 radical (unpaired) electrons. The summed E-state index contributed by atoms with van der Waals surface area (Å²) >= 11 is 3.42. The van der Waals surface area contributed by atoms with Gasteiger partial charge in [-0.3, -0.25) is 4.79 Å². The van der Waals surface area contributed by atoms with E-state index in [2.05, 4.69) is 33.2 Å². The van der Waals surface area contributed by atoms with Gasteiger partial charge in [0.25, 0.3) is 5.91 Å². The van der Waals surface area contributed by atoms with Crippen molar-refractivity contribution < 1.29 is 4.79 Å². The van der Waals surface area contributed by atoms with E-state index in [1.807, 2.05) is 7.05 Å². The third kappa shape index (κ3) is 3.96. The van der Waals surface area contributed by atoms with Crippen molar-refractivity contribution in [3.63, 3.8) is 0 Å². The van der Waals surface area contributed by atoms with E-state index in [9.17, 15) is 4.79 Å². The van der Waals surface area contributed by atoms with Gasteiger partial charge in [0.1, 0.15) is 5.69 Å². The van der Waals surface area contributed by atoms with Gasteiger partial charge >= 0.3 is 0 Å². The Balaban J connectivity index is 2.40. The molecule has 1 amide bonds. The van der Waals surface area contributed by atoms with E-state index < -0.39 is 0 Å². The van der Waals surface area contributed by atoms with Crippen LogP contribution < -0.4 is 5.32 Å². The molecule has 0 saturated heterocycles. The average Bonchev–Trinajstić information content (AvgIpc) is 2.70. The molecule has 90 valence electrons. The van der Waals surface area contributed by atoms with Crippen LogP contribution in [0.1, 0.15) is 30.3 Å². The van der Waals surface area contributed by atoms with Crippen LogP contribution in [0.3, 0.4) is 0 Å². The summed E-state index contributed by atoms with van der Waals surface area (Å²) < 4.78 is 1.77. The van der Waals surface area contributed by atoms with Crippen molar-refractivity contribution in [1.29, 1.82) is 0 Å². The van der Waals surface area contributed by atoms with Crippen molar-refractivity contribution in [3.05, 3.63) is 18.2 Å². The number of hydrogen-bond acceptors (Lipinski definition) is 2. The van der Waals surface area contributed by atoms with E-state index in [-0.39, 0.29) is 5.91 Å².